The average molecular weight is 198 g/mol. The first-order valence-corrected chi connectivity index (χ1v) is 4.83. The number of hydrogen-bond acceptors (Lipinski definition) is 4. The van der Waals surface area contributed by atoms with Crippen molar-refractivity contribution in [2.45, 2.75) is 12.8 Å². The molecule has 0 atom stereocenters. The highest BCUT2D eigenvalue weighted by atomic mass is 15.3. The van der Waals surface area contributed by atoms with Crippen LogP contribution >= 0.6 is 0 Å². The minimum Gasteiger partial charge on any atom is -0.370 e. The van der Waals surface area contributed by atoms with Crippen molar-refractivity contribution in [1.29, 1.82) is 5.41 Å². The molecule has 0 aliphatic carbocycles. The molecular formula is C8H18N6. The van der Waals surface area contributed by atoms with Crippen LogP contribution in [0.25, 0.3) is 0 Å². The zero-order valence-electron chi connectivity index (χ0n) is 8.29. The summed E-state index contributed by atoms with van der Waals surface area (Å²) in [7, 11) is 0. The van der Waals surface area contributed by atoms with Gasteiger partial charge in [-0.25, -0.2) is 0 Å². The summed E-state index contributed by atoms with van der Waals surface area (Å²) in [5.74, 6) is 0.803. The van der Waals surface area contributed by atoms with Crippen molar-refractivity contribution in [1.82, 2.24) is 10.2 Å². The average Bonchev–Trinajstić information content (AvgIpc) is 2.17. The maximum atomic E-state index is 6.06. The summed E-state index contributed by atoms with van der Waals surface area (Å²) < 4.78 is 0. The van der Waals surface area contributed by atoms with E-state index < -0.39 is 0 Å². The first kappa shape index (κ1) is 10.6. The summed E-state index contributed by atoms with van der Waals surface area (Å²) in [5.41, 5.74) is 8.94. The Bertz CT molecular complexity index is 220. The van der Waals surface area contributed by atoms with E-state index in [4.69, 9.17) is 5.41 Å². The van der Waals surface area contributed by atoms with E-state index in [1.165, 1.54) is 25.9 Å². The van der Waals surface area contributed by atoms with Gasteiger partial charge in [0.1, 0.15) is 0 Å². The fourth-order valence-electron chi connectivity index (χ4n) is 1.51. The third kappa shape index (κ3) is 3.51. The monoisotopic (exact) mass is 198 g/mol. The number of hydrogen-bond donors (Lipinski definition) is 4. The normalized spacial score (nSPS) is 19.4. The van der Waals surface area contributed by atoms with E-state index in [2.05, 4.69) is 26.7 Å². The molecule has 0 bridgehead atoms. The third-order valence-corrected chi connectivity index (χ3v) is 2.04. The fraction of sp³-hybridized carbons (Fsp3) is 0.750. The lowest BCUT2D eigenvalue weighted by molar-refractivity contribution is 0.346. The Kier molecular flexibility index (Phi) is 4.03. The van der Waals surface area contributed by atoms with Gasteiger partial charge in [0.2, 0.25) is 0 Å². The van der Waals surface area contributed by atoms with Crippen LogP contribution in [0.1, 0.15) is 12.8 Å². The van der Waals surface area contributed by atoms with Gasteiger partial charge >= 0.3 is 0 Å². The second-order valence-corrected chi connectivity index (χ2v) is 3.28. The SMILES string of the molecule is C1CN=C2NCCCN2C1.N=C(N)N. The molecule has 0 aromatic heterocycles. The molecule has 2 rings (SSSR count). The molecule has 2 aliphatic rings. The third-order valence-electron chi connectivity index (χ3n) is 2.04. The minimum atomic E-state index is -0.333. The van der Waals surface area contributed by atoms with Crippen molar-refractivity contribution in [3.63, 3.8) is 0 Å². The lowest BCUT2D eigenvalue weighted by atomic mass is 10.2. The van der Waals surface area contributed by atoms with Crippen molar-refractivity contribution in [2.24, 2.45) is 16.5 Å². The van der Waals surface area contributed by atoms with Gasteiger partial charge in [0.15, 0.2) is 11.9 Å². The van der Waals surface area contributed by atoms with Crippen LogP contribution in [-0.2, 0) is 0 Å². The van der Waals surface area contributed by atoms with Crippen molar-refractivity contribution >= 4 is 11.9 Å². The summed E-state index contributed by atoms with van der Waals surface area (Å²) in [6.45, 7) is 4.52. The molecule has 80 valence electrons. The molecule has 0 radical (unpaired) electrons. The molecule has 2 heterocycles. The van der Waals surface area contributed by atoms with Gasteiger partial charge in [0.25, 0.3) is 0 Å². The smallest absolute Gasteiger partial charge is 0.193 e. The minimum absolute atomic E-state index is 0.333. The topological polar surface area (TPSA) is 104 Å². The van der Waals surface area contributed by atoms with Crippen molar-refractivity contribution in [2.75, 3.05) is 26.2 Å². The number of nitrogens with zero attached hydrogens (tertiary/aromatic N) is 2. The highest BCUT2D eigenvalue weighted by Gasteiger charge is 2.17. The van der Waals surface area contributed by atoms with Gasteiger partial charge in [-0.15, -0.1) is 0 Å². The summed E-state index contributed by atoms with van der Waals surface area (Å²) in [4.78, 5) is 6.72. The second-order valence-electron chi connectivity index (χ2n) is 3.28. The first-order valence-electron chi connectivity index (χ1n) is 4.83. The van der Waals surface area contributed by atoms with Crippen LogP contribution in [0.15, 0.2) is 4.99 Å². The zero-order chi connectivity index (χ0) is 10.4. The van der Waals surface area contributed by atoms with Crippen LogP contribution < -0.4 is 16.8 Å². The molecule has 6 heteroatoms. The Balaban J connectivity index is 0.000000213. The molecule has 0 saturated carbocycles. The standard InChI is InChI=1S/C7H13N3.CH5N3/c1-3-8-7-9-4-2-6-10(7)5-1;2-1(3)4/h1-6H2,(H,8,9);(H5,2,3,4). The van der Waals surface area contributed by atoms with Gasteiger partial charge in [0.05, 0.1) is 0 Å². The Morgan fingerprint density at radius 3 is 2.64 bits per heavy atom. The van der Waals surface area contributed by atoms with E-state index in [-0.39, 0.29) is 5.96 Å². The molecule has 0 aromatic carbocycles. The van der Waals surface area contributed by atoms with Gasteiger partial charge in [-0.05, 0) is 12.8 Å². The second kappa shape index (κ2) is 5.31. The van der Waals surface area contributed by atoms with Gasteiger partial charge in [-0.1, -0.05) is 0 Å². The van der Waals surface area contributed by atoms with Crippen molar-refractivity contribution in [3.8, 4) is 0 Å². The summed E-state index contributed by atoms with van der Waals surface area (Å²) in [6.07, 6.45) is 2.49. The Morgan fingerprint density at radius 2 is 2.00 bits per heavy atom. The molecular weight excluding hydrogens is 180 g/mol. The predicted octanol–water partition coefficient (Wildman–Crippen LogP) is -1.12. The maximum absolute atomic E-state index is 6.06. The van der Waals surface area contributed by atoms with Crippen molar-refractivity contribution < 1.29 is 0 Å². The van der Waals surface area contributed by atoms with E-state index in [9.17, 15) is 0 Å². The summed E-state index contributed by atoms with van der Waals surface area (Å²) >= 11 is 0. The van der Waals surface area contributed by atoms with E-state index >= 15 is 0 Å². The van der Waals surface area contributed by atoms with Gasteiger partial charge in [0, 0.05) is 26.2 Å². The highest BCUT2D eigenvalue weighted by Crippen LogP contribution is 2.05. The number of fused-ring (bicyclic) bond motifs is 1. The summed E-state index contributed by atoms with van der Waals surface area (Å²) in [5, 5.41) is 9.35. The molecule has 2 aliphatic heterocycles. The quantitative estimate of drug-likeness (QED) is 0.292. The van der Waals surface area contributed by atoms with Crippen molar-refractivity contribution in [3.05, 3.63) is 0 Å². The number of guanidine groups is 2. The van der Waals surface area contributed by atoms with Gasteiger partial charge < -0.3 is 21.7 Å². The van der Waals surface area contributed by atoms with Crippen LogP contribution in [0.4, 0.5) is 0 Å². The fourth-order valence-corrected chi connectivity index (χ4v) is 1.51. The number of rotatable bonds is 0. The molecule has 0 aromatic rings. The molecule has 1 fully saturated rings. The Labute approximate surface area is 83.9 Å². The van der Waals surface area contributed by atoms with Crippen LogP contribution in [-0.4, -0.2) is 43.0 Å². The predicted molar refractivity (Wildman–Crippen MR) is 57.2 cm³/mol. The Hall–Kier alpha value is -1.46. The number of aliphatic imine (C=N–C) groups is 1. The zero-order valence-corrected chi connectivity index (χ0v) is 8.29. The van der Waals surface area contributed by atoms with Crippen LogP contribution in [0.3, 0.4) is 0 Å². The van der Waals surface area contributed by atoms with Gasteiger partial charge in [-0.2, -0.15) is 0 Å². The Morgan fingerprint density at radius 1 is 1.36 bits per heavy atom. The molecule has 0 unspecified atom stereocenters. The maximum Gasteiger partial charge on any atom is 0.193 e. The molecule has 6 N–H and O–H groups in total. The van der Waals surface area contributed by atoms with Crippen LogP contribution in [0.2, 0.25) is 0 Å². The molecule has 0 spiro atoms. The summed E-state index contributed by atoms with van der Waals surface area (Å²) in [6, 6.07) is 0. The lowest BCUT2D eigenvalue weighted by Gasteiger charge is -2.33. The van der Waals surface area contributed by atoms with E-state index in [1.54, 1.807) is 0 Å². The first-order chi connectivity index (χ1) is 6.70. The lowest BCUT2D eigenvalue weighted by Crippen LogP contribution is -2.49. The molecule has 14 heavy (non-hydrogen) atoms. The molecule has 6 nitrogen and oxygen atoms in total. The highest BCUT2D eigenvalue weighted by molar-refractivity contribution is 5.81. The van der Waals surface area contributed by atoms with Crippen LogP contribution in [0, 0.1) is 5.41 Å². The largest absolute Gasteiger partial charge is 0.370 e. The van der Waals surface area contributed by atoms with Gasteiger partial charge in [-0.3, -0.25) is 10.4 Å². The molecule has 1 saturated heterocycles. The number of nitrogens with two attached hydrogens (primary N) is 2. The van der Waals surface area contributed by atoms with E-state index in [0.29, 0.717) is 0 Å². The van der Waals surface area contributed by atoms with Crippen LogP contribution in [0.5, 0.6) is 0 Å². The number of nitrogens with one attached hydrogen (secondary N) is 2. The van der Waals surface area contributed by atoms with E-state index in [1.807, 2.05) is 0 Å². The van der Waals surface area contributed by atoms with E-state index in [0.717, 1.165) is 19.0 Å². The molecule has 0 amide bonds.